The van der Waals surface area contributed by atoms with Gasteiger partial charge in [-0.2, -0.15) is 0 Å². The fraction of sp³-hybridized carbons (Fsp3) is 0.542. The average Bonchev–Trinajstić information content (AvgIpc) is 3.11. The summed E-state index contributed by atoms with van der Waals surface area (Å²) in [6, 6.07) is 4.95. The molecule has 8 heteroatoms. The Bertz CT molecular complexity index is 1080. The summed E-state index contributed by atoms with van der Waals surface area (Å²) in [4.78, 5) is 31.5. The number of esters is 1. The maximum atomic E-state index is 12.9. The van der Waals surface area contributed by atoms with Gasteiger partial charge in [0.1, 0.15) is 23.0 Å². The minimum absolute atomic E-state index is 0.0466. The number of carbonyl (C=O) groups is 2. The van der Waals surface area contributed by atoms with Crippen molar-refractivity contribution >= 4 is 23.0 Å². The van der Waals surface area contributed by atoms with E-state index in [1.807, 2.05) is 25.1 Å². The molecule has 8 nitrogen and oxygen atoms in total. The number of hydrogen-bond donors (Lipinski definition) is 1. The van der Waals surface area contributed by atoms with Crippen LogP contribution in [-0.2, 0) is 27.3 Å². The molecule has 1 unspecified atom stereocenters. The van der Waals surface area contributed by atoms with Crippen molar-refractivity contribution in [3.8, 4) is 5.75 Å². The van der Waals surface area contributed by atoms with Gasteiger partial charge in [-0.25, -0.2) is 14.6 Å². The van der Waals surface area contributed by atoms with Gasteiger partial charge in [-0.3, -0.25) is 4.90 Å². The first kappa shape index (κ1) is 22.3. The number of amides is 1. The Morgan fingerprint density at radius 2 is 2.09 bits per heavy atom. The van der Waals surface area contributed by atoms with Gasteiger partial charge >= 0.3 is 12.1 Å². The lowest BCUT2D eigenvalue weighted by molar-refractivity contribution is -0.145. The van der Waals surface area contributed by atoms with Gasteiger partial charge in [0.25, 0.3) is 0 Å². The van der Waals surface area contributed by atoms with Gasteiger partial charge in [0.05, 0.1) is 31.5 Å². The molecule has 0 saturated carbocycles. The number of aromatic nitrogens is 1. The highest BCUT2D eigenvalue weighted by Gasteiger charge is 2.53. The maximum Gasteiger partial charge on any atom is 0.411 e. The highest BCUT2D eigenvalue weighted by Crippen LogP contribution is 2.44. The van der Waals surface area contributed by atoms with Crippen molar-refractivity contribution in [2.24, 2.45) is 0 Å². The summed E-state index contributed by atoms with van der Waals surface area (Å²) in [7, 11) is 1.32. The number of aliphatic hydroxyl groups excluding tert-OH is 1. The highest BCUT2D eigenvalue weighted by atomic mass is 16.6. The third-order valence-corrected chi connectivity index (χ3v) is 6.11. The summed E-state index contributed by atoms with van der Waals surface area (Å²) in [6.45, 7) is 7.45. The molecule has 1 aromatic carbocycles. The Morgan fingerprint density at radius 3 is 2.75 bits per heavy atom. The van der Waals surface area contributed by atoms with Crippen molar-refractivity contribution in [1.82, 2.24) is 9.88 Å². The van der Waals surface area contributed by atoms with Crippen LogP contribution in [0.15, 0.2) is 18.2 Å². The van der Waals surface area contributed by atoms with Crippen LogP contribution in [0.5, 0.6) is 5.75 Å². The van der Waals surface area contributed by atoms with Gasteiger partial charge < -0.3 is 19.3 Å². The van der Waals surface area contributed by atoms with Crippen molar-refractivity contribution < 1.29 is 28.9 Å². The zero-order valence-corrected chi connectivity index (χ0v) is 19.2. The second-order valence-corrected chi connectivity index (χ2v) is 9.65. The first-order valence-electron chi connectivity index (χ1n) is 10.9. The molecule has 1 fully saturated rings. The smallest absolute Gasteiger partial charge is 0.411 e. The van der Waals surface area contributed by atoms with Crippen LogP contribution in [0.2, 0.25) is 0 Å². The number of likely N-dealkylation sites (tertiary alicyclic amines) is 1. The van der Waals surface area contributed by atoms with E-state index in [-0.39, 0.29) is 13.2 Å². The number of rotatable bonds is 2. The SMILES string of the molecule is COC(=O)[C@@H]1CC2(CCc3c(c(C)nc4ccc(CO)cc34)O2)CN1C(=O)OC(C)(C)C. The van der Waals surface area contributed by atoms with Gasteiger partial charge in [0.15, 0.2) is 0 Å². The molecule has 172 valence electrons. The number of ether oxygens (including phenoxy) is 3. The molecule has 2 aromatic rings. The van der Waals surface area contributed by atoms with E-state index in [1.165, 1.54) is 12.0 Å². The van der Waals surface area contributed by atoms with Crippen molar-refractivity contribution in [3.05, 3.63) is 35.0 Å². The number of aryl methyl sites for hydroxylation is 2. The lowest BCUT2D eigenvalue weighted by atomic mass is 9.87. The van der Waals surface area contributed by atoms with Crippen molar-refractivity contribution in [2.45, 2.75) is 70.8 Å². The van der Waals surface area contributed by atoms with Crippen LogP contribution in [0.3, 0.4) is 0 Å². The van der Waals surface area contributed by atoms with E-state index in [0.717, 1.165) is 27.7 Å². The number of pyridine rings is 1. The van der Waals surface area contributed by atoms with Crippen LogP contribution in [-0.4, -0.2) is 58.0 Å². The number of methoxy groups -OCH3 is 1. The molecular formula is C24H30N2O6. The molecule has 1 amide bonds. The first-order valence-corrected chi connectivity index (χ1v) is 10.9. The minimum Gasteiger partial charge on any atom is -0.483 e. The number of hydrogen-bond acceptors (Lipinski definition) is 7. The fourth-order valence-electron chi connectivity index (χ4n) is 4.66. The number of carbonyl (C=O) groups excluding carboxylic acids is 2. The van der Waals surface area contributed by atoms with E-state index in [9.17, 15) is 14.7 Å². The largest absolute Gasteiger partial charge is 0.483 e. The topological polar surface area (TPSA) is 98.2 Å². The molecule has 0 bridgehead atoms. The van der Waals surface area contributed by atoms with Crippen LogP contribution in [0.25, 0.3) is 10.9 Å². The van der Waals surface area contributed by atoms with Gasteiger partial charge in [-0.05, 0) is 58.2 Å². The third-order valence-electron chi connectivity index (χ3n) is 6.11. The Morgan fingerprint density at radius 1 is 1.34 bits per heavy atom. The number of nitrogens with zero attached hydrogens (tertiary/aromatic N) is 2. The number of benzene rings is 1. The molecule has 0 radical (unpaired) electrons. The quantitative estimate of drug-likeness (QED) is 0.713. The molecule has 1 saturated heterocycles. The number of fused-ring (bicyclic) bond motifs is 3. The van der Waals surface area contributed by atoms with E-state index >= 15 is 0 Å². The molecule has 32 heavy (non-hydrogen) atoms. The predicted molar refractivity (Wildman–Crippen MR) is 117 cm³/mol. The minimum atomic E-state index is -0.772. The molecular weight excluding hydrogens is 412 g/mol. The third kappa shape index (κ3) is 3.99. The molecule has 1 aromatic heterocycles. The second-order valence-electron chi connectivity index (χ2n) is 9.65. The molecule has 2 aliphatic heterocycles. The average molecular weight is 443 g/mol. The normalized spacial score (nSPS) is 22.6. The van der Waals surface area contributed by atoms with Crippen LogP contribution >= 0.6 is 0 Å². The predicted octanol–water partition coefficient (Wildman–Crippen LogP) is 3.28. The monoisotopic (exact) mass is 442 g/mol. The zero-order valence-electron chi connectivity index (χ0n) is 19.2. The maximum absolute atomic E-state index is 12.9. The van der Waals surface area contributed by atoms with E-state index in [0.29, 0.717) is 25.0 Å². The summed E-state index contributed by atoms with van der Waals surface area (Å²) in [5.74, 6) is 0.205. The van der Waals surface area contributed by atoms with Gasteiger partial charge in [0.2, 0.25) is 0 Å². The van der Waals surface area contributed by atoms with Crippen molar-refractivity contribution in [2.75, 3.05) is 13.7 Å². The van der Waals surface area contributed by atoms with E-state index < -0.39 is 29.3 Å². The molecule has 0 aliphatic carbocycles. The van der Waals surface area contributed by atoms with Crippen molar-refractivity contribution in [1.29, 1.82) is 0 Å². The zero-order chi connectivity index (χ0) is 23.3. The highest BCUT2D eigenvalue weighted by molar-refractivity contribution is 5.86. The van der Waals surface area contributed by atoms with Crippen LogP contribution in [0, 0.1) is 6.92 Å². The van der Waals surface area contributed by atoms with Crippen LogP contribution in [0.1, 0.15) is 50.4 Å². The molecule has 2 aliphatic rings. The van der Waals surface area contributed by atoms with Crippen LogP contribution < -0.4 is 4.74 Å². The Hall–Kier alpha value is -2.87. The molecule has 1 spiro atoms. The summed E-state index contributed by atoms with van der Waals surface area (Å²) in [6.07, 6.45) is 1.11. The summed E-state index contributed by atoms with van der Waals surface area (Å²) >= 11 is 0. The summed E-state index contributed by atoms with van der Waals surface area (Å²) in [5, 5.41) is 10.5. The summed E-state index contributed by atoms with van der Waals surface area (Å²) in [5.41, 5.74) is 2.06. The van der Waals surface area contributed by atoms with E-state index in [4.69, 9.17) is 14.2 Å². The van der Waals surface area contributed by atoms with Gasteiger partial charge in [-0.1, -0.05) is 6.07 Å². The van der Waals surface area contributed by atoms with Gasteiger partial charge in [-0.15, -0.1) is 0 Å². The van der Waals surface area contributed by atoms with E-state index in [1.54, 1.807) is 20.8 Å². The lowest BCUT2D eigenvalue weighted by Crippen LogP contribution is -2.46. The van der Waals surface area contributed by atoms with Crippen LogP contribution in [0.4, 0.5) is 4.79 Å². The Balaban J connectivity index is 1.70. The fourth-order valence-corrected chi connectivity index (χ4v) is 4.66. The Kier molecular flexibility index (Phi) is 5.53. The molecule has 2 atom stereocenters. The van der Waals surface area contributed by atoms with Gasteiger partial charge in [0, 0.05) is 17.4 Å². The molecule has 3 heterocycles. The Labute approximate surface area is 187 Å². The second kappa shape index (κ2) is 7.92. The number of aliphatic hydroxyl groups is 1. The first-order chi connectivity index (χ1) is 15.1. The van der Waals surface area contributed by atoms with E-state index in [2.05, 4.69) is 4.98 Å². The standard InChI is InChI=1S/C24H30N2O6/c1-14-20-16(17-10-15(12-27)6-7-18(17)25-14)8-9-24(31-20)11-19(21(28)30-5)26(13-24)22(29)32-23(2,3)4/h6-7,10,19,27H,8-9,11-13H2,1-5H3/t19-,24?/m0/s1. The lowest BCUT2D eigenvalue weighted by Gasteiger charge is -2.36. The summed E-state index contributed by atoms with van der Waals surface area (Å²) < 4.78 is 17.1. The van der Waals surface area contributed by atoms with Crippen molar-refractivity contribution in [3.63, 3.8) is 0 Å². The molecule has 4 rings (SSSR count). The molecule has 1 N–H and O–H groups in total.